The van der Waals surface area contributed by atoms with Crippen LogP contribution >= 0.6 is 23.2 Å². The average Bonchev–Trinajstić information content (AvgIpc) is 3.79. The molecule has 1 aromatic heterocycles. The number of hydrogen-bond donors (Lipinski definition) is 2. The second-order valence-electron chi connectivity index (χ2n) is 10.3. The first-order valence-corrected chi connectivity index (χ1v) is 13.8. The highest BCUT2D eigenvalue weighted by atomic mass is 35.5. The van der Waals surface area contributed by atoms with E-state index in [4.69, 9.17) is 28.2 Å². The van der Waals surface area contributed by atoms with E-state index < -0.39 is 12.0 Å². The fourth-order valence-electron chi connectivity index (χ4n) is 5.46. The number of rotatable bonds is 5. The number of carbonyl (C=O) groups excluding carboxylic acids is 1. The normalized spacial score (nSPS) is 16.7. The fourth-order valence-corrected chi connectivity index (χ4v) is 5.76. The molecule has 6 rings (SSSR count). The molecule has 1 aliphatic heterocycles. The number of aryl methyl sites for hydroxylation is 1. The molecule has 0 unspecified atom stereocenters. The van der Waals surface area contributed by atoms with Crippen molar-refractivity contribution in [2.45, 2.75) is 43.7 Å². The average molecular weight is 560 g/mol. The zero-order chi connectivity index (χ0) is 27.1. The summed E-state index contributed by atoms with van der Waals surface area (Å²) in [7, 11) is 0. The molecule has 1 aliphatic carbocycles. The minimum absolute atomic E-state index is 0.110. The van der Waals surface area contributed by atoms with E-state index in [1.165, 1.54) is 0 Å². The lowest BCUT2D eigenvalue weighted by atomic mass is 9.94. The second-order valence-corrected chi connectivity index (χ2v) is 11.1. The molecule has 39 heavy (non-hydrogen) atoms. The van der Waals surface area contributed by atoms with Crippen molar-refractivity contribution in [2.75, 3.05) is 6.54 Å². The van der Waals surface area contributed by atoms with E-state index >= 15 is 0 Å². The molecule has 0 bridgehead atoms. The third-order valence-electron chi connectivity index (χ3n) is 7.82. The first kappa shape index (κ1) is 25.8. The smallest absolute Gasteiger partial charge is 0.256 e. The lowest BCUT2D eigenvalue weighted by Gasteiger charge is -2.24. The zero-order valence-electron chi connectivity index (χ0n) is 21.2. The standard InChI is InChI=1S/C31H27Cl2N3O3/c32-24-12-11-20(17-25(24)33)19-6-4-7-21(16-19)27(37)29(39)36-15-5-10-26-23(18-36)28(38)35-30(34-26)31(13-14-31)22-8-2-1-3-9-22/h1-4,6-9,11-12,16-17,27,37H,5,10,13-15,18H2,(H,34,35,38)/t27-/m1/s1. The molecule has 0 spiro atoms. The minimum Gasteiger partial charge on any atom is -0.378 e. The first-order chi connectivity index (χ1) is 18.9. The van der Waals surface area contributed by atoms with Crippen LogP contribution in [0, 0.1) is 0 Å². The van der Waals surface area contributed by atoms with Crippen LogP contribution in [0.15, 0.2) is 77.6 Å². The Balaban J connectivity index is 1.25. The number of H-pyrrole nitrogens is 1. The van der Waals surface area contributed by atoms with Crippen LogP contribution in [0.3, 0.4) is 0 Å². The number of aromatic amines is 1. The maximum atomic E-state index is 13.4. The number of aliphatic hydroxyl groups is 1. The van der Waals surface area contributed by atoms with Gasteiger partial charge in [-0.15, -0.1) is 0 Å². The highest BCUT2D eigenvalue weighted by Gasteiger charge is 2.48. The van der Waals surface area contributed by atoms with Crippen molar-refractivity contribution in [3.63, 3.8) is 0 Å². The Bertz CT molecular complexity index is 1620. The molecule has 2 aliphatic rings. The van der Waals surface area contributed by atoms with Gasteiger partial charge in [0.25, 0.3) is 11.5 Å². The van der Waals surface area contributed by atoms with Gasteiger partial charge in [0.2, 0.25) is 0 Å². The number of halogens is 2. The summed E-state index contributed by atoms with van der Waals surface area (Å²) in [5, 5.41) is 11.9. The van der Waals surface area contributed by atoms with E-state index in [2.05, 4.69) is 17.1 Å². The van der Waals surface area contributed by atoms with Gasteiger partial charge < -0.3 is 15.0 Å². The number of aromatic nitrogens is 2. The molecule has 2 heterocycles. The first-order valence-electron chi connectivity index (χ1n) is 13.1. The fraction of sp³-hybridized carbons (Fsp3) is 0.258. The Hall–Kier alpha value is -3.45. The van der Waals surface area contributed by atoms with Gasteiger partial charge in [-0.05, 0) is 66.1 Å². The molecule has 8 heteroatoms. The van der Waals surface area contributed by atoms with Crippen LogP contribution in [-0.4, -0.2) is 32.4 Å². The zero-order valence-corrected chi connectivity index (χ0v) is 22.7. The lowest BCUT2D eigenvalue weighted by molar-refractivity contribution is -0.141. The summed E-state index contributed by atoms with van der Waals surface area (Å²) in [5.41, 5.74) is 4.03. The van der Waals surface area contributed by atoms with Crippen LogP contribution in [0.4, 0.5) is 0 Å². The Morgan fingerprint density at radius 3 is 2.49 bits per heavy atom. The summed E-state index contributed by atoms with van der Waals surface area (Å²) in [6.07, 6.45) is 1.77. The summed E-state index contributed by atoms with van der Waals surface area (Å²) in [5.74, 6) is 0.261. The molecule has 6 nitrogen and oxygen atoms in total. The maximum Gasteiger partial charge on any atom is 0.256 e. The van der Waals surface area contributed by atoms with Gasteiger partial charge in [0, 0.05) is 6.54 Å². The van der Waals surface area contributed by atoms with Crippen LogP contribution in [0.2, 0.25) is 10.0 Å². The molecule has 4 aromatic rings. The summed E-state index contributed by atoms with van der Waals surface area (Å²) in [6, 6.07) is 22.6. The number of aliphatic hydroxyl groups excluding tert-OH is 1. The Kier molecular flexibility index (Phi) is 6.79. The second kappa shape index (κ2) is 10.3. The SMILES string of the molecule is O=C([C@H](O)c1cccc(-c2ccc(Cl)c(Cl)c2)c1)N1CCCc2nc(C3(c4ccccc4)CC3)[nH]c(=O)c2C1. The van der Waals surface area contributed by atoms with E-state index in [-0.39, 0.29) is 17.5 Å². The van der Waals surface area contributed by atoms with E-state index in [1.54, 1.807) is 35.2 Å². The van der Waals surface area contributed by atoms with Crippen molar-refractivity contribution in [1.82, 2.24) is 14.9 Å². The molecule has 0 saturated heterocycles. The van der Waals surface area contributed by atoms with Crippen LogP contribution < -0.4 is 5.56 Å². The molecule has 3 aromatic carbocycles. The molecular weight excluding hydrogens is 533 g/mol. The third-order valence-corrected chi connectivity index (χ3v) is 8.56. The summed E-state index contributed by atoms with van der Waals surface area (Å²) in [6.45, 7) is 0.538. The van der Waals surface area contributed by atoms with Gasteiger partial charge in [0.15, 0.2) is 6.10 Å². The topological polar surface area (TPSA) is 86.3 Å². The molecule has 2 N–H and O–H groups in total. The van der Waals surface area contributed by atoms with Crippen molar-refractivity contribution in [2.24, 2.45) is 0 Å². The molecule has 0 radical (unpaired) electrons. The Labute approximate surface area is 236 Å². The molecular formula is C31H27Cl2N3O3. The third kappa shape index (κ3) is 4.89. The van der Waals surface area contributed by atoms with Crippen molar-refractivity contribution in [3.8, 4) is 11.1 Å². The molecule has 1 saturated carbocycles. The summed E-state index contributed by atoms with van der Waals surface area (Å²) >= 11 is 12.2. The quantitative estimate of drug-likeness (QED) is 0.322. The van der Waals surface area contributed by atoms with E-state index in [0.29, 0.717) is 46.4 Å². The van der Waals surface area contributed by atoms with Gasteiger partial charge in [-0.2, -0.15) is 0 Å². The number of amides is 1. The number of benzene rings is 3. The summed E-state index contributed by atoms with van der Waals surface area (Å²) in [4.78, 5) is 36.2. The van der Waals surface area contributed by atoms with Crippen LogP contribution in [0.1, 0.15) is 53.6 Å². The van der Waals surface area contributed by atoms with Gasteiger partial charge in [-0.3, -0.25) is 9.59 Å². The largest absolute Gasteiger partial charge is 0.378 e. The van der Waals surface area contributed by atoms with Crippen LogP contribution in [-0.2, 0) is 23.2 Å². The highest BCUT2D eigenvalue weighted by Crippen LogP contribution is 2.52. The maximum absolute atomic E-state index is 13.4. The van der Waals surface area contributed by atoms with Crippen LogP contribution in [0.5, 0.6) is 0 Å². The van der Waals surface area contributed by atoms with Crippen molar-refractivity contribution in [1.29, 1.82) is 0 Å². The minimum atomic E-state index is -1.37. The van der Waals surface area contributed by atoms with E-state index in [0.717, 1.165) is 35.2 Å². The Morgan fingerprint density at radius 1 is 0.974 bits per heavy atom. The highest BCUT2D eigenvalue weighted by molar-refractivity contribution is 6.42. The van der Waals surface area contributed by atoms with Crippen molar-refractivity contribution >= 4 is 29.1 Å². The number of nitrogens with one attached hydrogen (secondary N) is 1. The predicted octanol–water partition coefficient (Wildman–Crippen LogP) is 5.83. The van der Waals surface area contributed by atoms with Crippen LogP contribution in [0.25, 0.3) is 11.1 Å². The number of fused-ring (bicyclic) bond motifs is 1. The van der Waals surface area contributed by atoms with E-state index in [9.17, 15) is 14.7 Å². The number of nitrogens with zero attached hydrogens (tertiary/aromatic N) is 2. The molecule has 198 valence electrons. The number of carbonyl (C=O) groups is 1. The number of hydrogen-bond acceptors (Lipinski definition) is 4. The van der Waals surface area contributed by atoms with Gasteiger partial charge >= 0.3 is 0 Å². The van der Waals surface area contributed by atoms with Crippen molar-refractivity contribution in [3.05, 3.63) is 121 Å². The predicted molar refractivity (Wildman–Crippen MR) is 152 cm³/mol. The van der Waals surface area contributed by atoms with E-state index in [1.807, 2.05) is 30.3 Å². The molecule has 1 atom stereocenters. The van der Waals surface area contributed by atoms with Gasteiger partial charge in [0.1, 0.15) is 5.82 Å². The van der Waals surface area contributed by atoms with Gasteiger partial charge in [-0.25, -0.2) is 4.98 Å². The monoisotopic (exact) mass is 559 g/mol. The Morgan fingerprint density at radius 2 is 1.74 bits per heavy atom. The lowest BCUT2D eigenvalue weighted by Crippen LogP contribution is -2.36. The van der Waals surface area contributed by atoms with Gasteiger partial charge in [0.05, 0.1) is 33.3 Å². The van der Waals surface area contributed by atoms with Gasteiger partial charge in [-0.1, -0.05) is 77.8 Å². The van der Waals surface area contributed by atoms with Crippen molar-refractivity contribution < 1.29 is 9.90 Å². The summed E-state index contributed by atoms with van der Waals surface area (Å²) < 4.78 is 0. The molecule has 1 fully saturated rings. The molecule has 1 amide bonds.